The number of nitro groups is 1. The van der Waals surface area contributed by atoms with Crippen LogP contribution in [0.15, 0.2) is 36.4 Å². The lowest BCUT2D eigenvalue weighted by Crippen LogP contribution is -2.22. The van der Waals surface area contributed by atoms with Crippen LogP contribution in [0.4, 0.5) is 22.7 Å². The van der Waals surface area contributed by atoms with Crippen LogP contribution in [0.5, 0.6) is 0 Å². The van der Waals surface area contributed by atoms with E-state index >= 15 is 0 Å². The number of carbonyl (C=O) groups is 1. The van der Waals surface area contributed by atoms with Crippen molar-refractivity contribution in [3.8, 4) is 0 Å². The number of halogens is 2. The quantitative estimate of drug-likeness (QED) is 0.400. The van der Waals surface area contributed by atoms with E-state index in [1.165, 1.54) is 24.3 Å². The van der Waals surface area contributed by atoms with E-state index in [1.54, 1.807) is 12.1 Å². The molecule has 0 saturated carbocycles. The average molecular weight is 399 g/mol. The summed E-state index contributed by atoms with van der Waals surface area (Å²) >= 11 is 11.7. The highest BCUT2D eigenvalue weighted by molar-refractivity contribution is 6.42. The zero-order valence-electron chi connectivity index (χ0n) is 13.5. The molecule has 0 aliphatic heterocycles. The molecule has 8 nitrogen and oxygen atoms in total. The van der Waals surface area contributed by atoms with E-state index in [-0.39, 0.29) is 31.3 Å². The number of hydrogen-bond acceptors (Lipinski definition) is 6. The second-order valence-electron chi connectivity index (χ2n) is 5.17. The van der Waals surface area contributed by atoms with Gasteiger partial charge in [-0.2, -0.15) is 0 Å². The van der Waals surface area contributed by atoms with Gasteiger partial charge in [0.05, 0.1) is 39.5 Å². The summed E-state index contributed by atoms with van der Waals surface area (Å²) in [5.74, 6) is -0.372. The number of aliphatic hydroxyl groups excluding tert-OH is 1. The largest absolute Gasteiger partial charge is 0.395 e. The summed E-state index contributed by atoms with van der Waals surface area (Å²) in [6.45, 7) is 0.0332. The zero-order valence-corrected chi connectivity index (χ0v) is 15.0. The number of nitrogens with zero attached hydrogens (tertiary/aromatic N) is 1. The molecule has 0 heterocycles. The second-order valence-corrected chi connectivity index (χ2v) is 5.98. The van der Waals surface area contributed by atoms with Crippen LogP contribution < -0.4 is 16.0 Å². The van der Waals surface area contributed by atoms with E-state index < -0.39 is 4.92 Å². The zero-order chi connectivity index (χ0) is 19.1. The van der Waals surface area contributed by atoms with E-state index in [4.69, 9.17) is 28.3 Å². The Morgan fingerprint density at radius 3 is 2.50 bits per heavy atom. The lowest BCUT2D eigenvalue weighted by atomic mass is 10.2. The summed E-state index contributed by atoms with van der Waals surface area (Å²) in [4.78, 5) is 22.5. The number of nitrogens with one attached hydrogen (secondary N) is 3. The Morgan fingerprint density at radius 1 is 1.08 bits per heavy atom. The molecule has 1 amide bonds. The van der Waals surface area contributed by atoms with E-state index in [1.807, 2.05) is 0 Å². The summed E-state index contributed by atoms with van der Waals surface area (Å²) in [7, 11) is 0. The van der Waals surface area contributed by atoms with Crippen LogP contribution in [0, 0.1) is 10.1 Å². The molecule has 0 fully saturated rings. The van der Waals surface area contributed by atoms with E-state index in [9.17, 15) is 14.9 Å². The average Bonchev–Trinajstić information content (AvgIpc) is 2.61. The summed E-state index contributed by atoms with van der Waals surface area (Å²) < 4.78 is 0. The highest BCUT2D eigenvalue weighted by Crippen LogP contribution is 2.27. The van der Waals surface area contributed by atoms with Crippen molar-refractivity contribution in [2.24, 2.45) is 0 Å². The first-order valence-corrected chi connectivity index (χ1v) is 8.28. The summed E-state index contributed by atoms with van der Waals surface area (Å²) in [5.41, 5.74) is 1.26. The van der Waals surface area contributed by atoms with Crippen LogP contribution in [0.3, 0.4) is 0 Å². The number of nitro benzene ring substituents is 1. The molecule has 0 aromatic heterocycles. The minimum Gasteiger partial charge on any atom is -0.395 e. The van der Waals surface area contributed by atoms with Gasteiger partial charge in [-0.15, -0.1) is 0 Å². The Morgan fingerprint density at radius 2 is 1.85 bits per heavy atom. The highest BCUT2D eigenvalue weighted by Gasteiger charge is 2.12. The second kappa shape index (κ2) is 9.23. The number of non-ortho nitro benzene ring substituents is 1. The summed E-state index contributed by atoms with van der Waals surface area (Å²) in [6, 6.07) is 8.83. The van der Waals surface area contributed by atoms with E-state index in [2.05, 4.69) is 16.0 Å². The lowest BCUT2D eigenvalue weighted by Gasteiger charge is -2.13. The number of carbonyl (C=O) groups excluding carboxylic acids is 1. The first-order valence-electron chi connectivity index (χ1n) is 7.52. The molecular formula is C16H16Cl2N4O4. The van der Waals surface area contributed by atoms with E-state index in [0.717, 1.165) is 0 Å². The Kier molecular flexibility index (Phi) is 7.02. The predicted octanol–water partition coefficient (Wildman–Crippen LogP) is 3.36. The molecule has 0 bridgehead atoms. The van der Waals surface area contributed by atoms with Gasteiger partial charge in [0.25, 0.3) is 5.69 Å². The molecule has 0 spiro atoms. The smallest absolute Gasteiger partial charge is 0.271 e. The maximum absolute atomic E-state index is 12.1. The summed E-state index contributed by atoms with van der Waals surface area (Å²) in [5, 5.41) is 28.9. The molecule has 0 aliphatic rings. The minimum atomic E-state index is -0.531. The van der Waals surface area contributed by atoms with Gasteiger partial charge in [-0.1, -0.05) is 23.2 Å². The molecule has 138 valence electrons. The fourth-order valence-electron chi connectivity index (χ4n) is 2.09. The van der Waals surface area contributed by atoms with Gasteiger partial charge in [0.1, 0.15) is 0 Å². The molecular weight excluding hydrogens is 383 g/mol. The van der Waals surface area contributed by atoms with Gasteiger partial charge in [-0.25, -0.2) is 0 Å². The monoisotopic (exact) mass is 398 g/mol. The molecule has 10 heteroatoms. The van der Waals surface area contributed by atoms with Gasteiger partial charge < -0.3 is 21.1 Å². The molecule has 2 rings (SSSR count). The third-order valence-electron chi connectivity index (χ3n) is 3.28. The number of anilines is 3. The molecule has 26 heavy (non-hydrogen) atoms. The normalized spacial score (nSPS) is 10.3. The molecule has 4 N–H and O–H groups in total. The Balaban J connectivity index is 2.06. The van der Waals surface area contributed by atoms with Crippen molar-refractivity contribution >= 4 is 51.9 Å². The number of amides is 1. The van der Waals surface area contributed by atoms with Crippen LogP contribution in [0.25, 0.3) is 0 Å². The number of benzene rings is 2. The van der Waals surface area contributed by atoms with Crippen LogP contribution in [-0.2, 0) is 4.79 Å². The van der Waals surface area contributed by atoms with Gasteiger partial charge in [-0.3, -0.25) is 14.9 Å². The number of aliphatic hydroxyl groups is 1. The molecule has 0 unspecified atom stereocenters. The van der Waals surface area contributed by atoms with Crippen molar-refractivity contribution in [1.29, 1.82) is 0 Å². The minimum absolute atomic E-state index is 0.103. The van der Waals surface area contributed by atoms with Gasteiger partial charge in [0.2, 0.25) is 5.91 Å². The third kappa shape index (κ3) is 5.48. The standard InChI is InChI=1S/C16H16Cl2N4O4/c17-12-3-1-10(7-13(12)18)21-16(24)9-20-15-8-11(22(25)26)2-4-14(15)19-5-6-23/h1-4,7-8,19-20,23H,5-6,9H2,(H,21,24). The Hall–Kier alpha value is -2.55. The summed E-state index contributed by atoms with van der Waals surface area (Å²) in [6.07, 6.45) is 0. The van der Waals surface area contributed by atoms with Crippen LogP contribution in [-0.4, -0.2) is 35.6 Å². The Labute approximate surface area is 159 Å². The SMILES string of the molecule is O=C(CNc1cc([N+](=O)[O-])ccc1NCCO)Nc1ccc(Cl)c(Cl)c1. The number of rotatable bonds is 8. The molecule has 2 aromatic carbocycles. The molecule has 0 saturated heterocycles. The van der Waals surface area contributed by atoms with Crippen molar-refractivity contribution in [1.82, 2.24) is 0 Å². The molecule has 0 atom stereocenters. The topological polar surface area (TPSA) is 117 Å². The fourth-order valence-corrected chi connectivity index (χ4v) is 2.39. The van der Waals surface area contributed by atoms with Gasteiger partial charge in [0.15, 0.2) is 0 Å². The van der Waals surface area contributed by atoms with Crippen molar-refractivity contribution in [2.45, 2.75) is 0 Å². The maximum atomic E-state index is 12.1. The third-order valence-corrected chi connectivity index (χ3v) is 4.02. The van der Waals surface area contributed by atoms with Crippen molar-refractivity contribution in [3.05, 3.63) is 56.6 Å². The lowest BCUT2D eigenvalue weighted by molar-refractivity contribution is -0.384. The van der Waals surface area contributed by atoms with Crippen molar-refractivity contribution in [2.75, 3.05) is 35.6 Å². The van der Waals surface area contributed by atoms with E-state index in [0.29, 0.717) is 27.1 Å². The van der Waals surface area contributed by atoms with Crippen molar-refractivity contribution < 1.29 is 14.8 Å². The molecule has 2 aromatic rings. The molecule has 0 radical (unpaired) electrons. The first kappa shape index (κ1) is 19.8. The molecule has 0 aliphatic carbocycles. The van der Waals surface area contributed by atoms with Gasteiger partial charge in [-0.05, 0) is 24.3 Å². The van der Waals surface area contributed by atoms with Gasteiger partial charge in [0, 0.05) is 24.4 Å². The highest BCUT2D eigenvalue weighted by atomic mass is 35.5. The Bertz CT molecular complexity index is 817. The van der Waals surface area contributed by atoms with Crippen LogP contribution >= 0.6 is 23.2 Å². The first-order chi connectivity index (χ1) is 12.4. The van der Waals surface area contributed by atoms with Crippen molar-refractivity contribution in [3.63, 3.8) is 0 Å². The number of hydrogen-bond donors (Lipinski definition) is 4. The fraction of sp³-hybridized carbons (Fsp3) is 0.188. The van der Waals surface area contributed by atoms with Gasteiger partial charge >= 0.3 is 0 Å². The van der Waals surface area contributed by atoms with Crippen LogP contribution in [0.2, 0.25) is 10.0 Å². The van der Waals surface area contributed by atoms with Crippen LogP contribution in [0.1, 0.15) is 0 Å². The predicted molar refractivity (Wildman–Crippen MR) is 102 cm³/mol. The maximum Gasteiger partial charge on any atom is 0.271 e.